The van der Waals surface area contributed by atoms with Gasteiger partial charge in [0.1, 0.15) is 0 Å². The van der Waals surface area contributed by atoms with Crippen LogP contribution >= 0.6 is 0 Å². The van der Waals surface area contributed by atoms with Gasteiger partial charge in [-0.05, 0) is 64.5 Å². The van der Waals surface area contributed by atoms with E-state index in [4.69, 9.17) is 0 Å². The smallest absolute Gasteiger partial charge is 0.549 e. The van der Waals surface area contributed by atoms with E-state index in [2.05, 4.69) is 43.1 Å². The molecule has 0 aliphatic carbocycles. The fourth-order valence-electron chi connectivity index (χ4n) is 3.28. The molecule has 0 aliphatic heterocycles. The maximum atomic E-state index is 11.0. The number of rotatable bonds is 20. The zero-order valence-corrected chi connectivity index (χ0v) is 19.1. The van der Waals surface area contributed by atoms with E-state index in [1.54, 1.807) is 0 Å². The third kappa shape index (κ3) is 23.5. The number of nitrogens with zero attached hydrogens (tertiary/aromatic N) is 1. The third-order valence-corrected chi connectivity index (χ3v) is 4.85. The Morgan fingerprint density at radius 1 is 0.679 bits per heavy atom. The Kier molecular flexibility index (Phi) is 26.0. The average Bonchev–Trinajstić information content (AvgIpc) is 2.64. The molecule has 0 aromatic rings. The molecule has 0 fully saturated rings. The van der Waals surface area contributed by atoms with Crippen LogP contribution in [0.5, 0.6) is 0 Å². The molecule has 4 heteroatoms. The summed E-state index contributed by atoms with van der Waals surface area (Å²) in [4.78, 5) is 13.0. The van der Waals surface area contributed by atoms with E-state index in [0.717, 1.165) is 38.8 Å². The van der Waals surface area contributed by atoms with Gasteiger partial charge in [0.15, 0.2) is 0 Å². The second kappa shape index (κ2) is 24.5. The Hall–Kier alpha value is -0.493. The van der Waals surface area contributed by atoms with Crippen LogP contribution in [0.15, 0.2) is 24.3 Å². The van der Waals surface area contributed by atoms with Gasteiger partial charge in [0.25, 0.3) is 0 Å². The Bertz CT molecular complexity index is 355. The van der Waals surface area contributed by atoms with Crippen LogP contribution in [0.25, 0.3) is 0 Å². The van der Waals surface area contributed by atoms with Gasteiger partial charge < -0.3 is 9.90 Å². The molecule has 0 aromatic carbocycles. The molecule has 3 nitrogen and oxygen atoms in total. The Morgan fingerprint density at radius 2 is 1.07 bits per heavy atom. The number of unbranched alkanes of at least 4 members (excludes halogenated alkanes) is 10. The van der Waals surface area contributed by atoms with E-state index in [-0.39, 0.29) is 25.4 Å². The molecule has 28 heavy (non-hydrogen) atoms. The van der Waals surface area contributed by atoms with E-state index in [1.165, 1.54) is 64.2 Å². The van der Waals surface area contributed by atoms with Gasteiger partial charge in [0, 0.05) is 6.54 Å². The molecule has 0 aromatic heterocycles. The number of carbonyl (C=O) groups is 1. The number of allylic oxidation sites excluding steroid dienone is 4. The standard InChI is InChI=1S/C24H45NO2.Li/c1-3-5-7-9-11-13-15-17-19-21-25(23-24(26)27)22-20-18-16-14-12-10-8-6-4-2;/h5-8H,3-4,9-23H2,1-2H3,(H,26,27);/q;+1/p-1/b7-5+,8-6+;. The molecule has 0 saturated carbocycles. The Balaban J connectivity index is 0. The minimum atomic E-state index is -0.944. The van der Waals surface area contributed by atoms with Gasteiger partial charge in [-0.25, -0.2) is 0 Å². The fourth-order valence-corrected chi connectivity index (χ4v) is 3.28. The molecule has 158 valence electrons. The summed E-state index contributed by atoms with van der Waals surface area (Å²) >= 11 is 0. The first-order chi connectivity index (χ1) is 13.2. The Morgan fingerprint density at radius 3 is 1.46 bits per heavy atom. The monoisotopic (exact) mass is 385 g/mol. The molecule has 0 N–H and O–H groups in total. The first-order valence-electron chi connectivity index (χ1n) is 11.4. The third-order valence-electron chi connectivity index (χ3n) is 4.85. The summed E-state index contributed by atoms with van der Waals surface area (Å²) in [6.45, 7) is 6.21. The fraction of sp³-hybridized carbons (Fsp3) is 0.792. The number of hydrogen-bond donors (Lipinski definition) is 0. The molecule has 0 atom stereocenters. The molecular formula is C24H44LiNO2. The molecular weight excluding hydrogens is 341 g/mol. The van der Waals surface area contributed by atoms with Crippen molar-refractivity contribution in [2.24, 2.45) is 0 Å². The molecule has 0 saturated heterocycles. The maximum Gasteiger partial charge on any atom is 1.00 e. The minimum absolute atomic E-state index is 0. The van der Waals surface area contributed by atoms with E-state index >= 15 is 0 Å². The molecule has 0 radical (unpaired) electrons. The summed E-state index contributed by atoms with van der Waals surface area (Å²) in [5.74, 6) is -0.944. The zero-order valence-electron chi connectivity index (χ0n) is 19.1. The van der Waals surface area contributed by atoms with Gasteiger partial charge in [0.2, 0.25) is 0 Å². The summed E-state index contributed by atoms with van der Waals surface area (Å²) in [6.07, 6.45) is 25.9. The second-order valence-electron chi connectivity index (χ2n) is 7.52. The first kappa shape index (κ1) is 29.7. The SMILES string of the molecule is CC/C=C/CCCCCCCN(CCCCCCC/C=C/CC)CC(=O)[O-].[Li+]. The predicted molar refractivity (Wildman–Crippen MR) is 116 cm³/mol. The van der Waals surface area contributed by atoms with Crippen LogP contribution in [-0.4, -0.2) is 30.5 Å². The number of aliphatic carboxylic acids is 1. The second-order valence-corrected chi connectivity index (χ2v) is 7.52. The van der Waals surface area contributed by atoms with Gasteiger partial charge in [-0.1, -0.05) is 76.7 Å². The summed E-state index contributed by atoms with van der Waals surface area (Å²) in [6, 6.07) is 0. The zero-order chi connectivity index (χ0) is 20.0. The van der Waals surface area contributed by atoms with E-state index in [9.17, 15) is 9.90 Å². The molecule has 0 aliphatic rings. The quantitative estimate of drug-likeness (QED) is 0.184. The van der Waals surface area contributed by atoms with Gasteiger partial charge in [0.05, 0.1) is 5.97 Å². The predicted octanol–water partition coefficient (Wildman–Crippen LogP) is 2.66. The molecule has 0 unspecified atom stereocenters. The molecule has 0 rings (SSSR count). The van der Waals surface area contributed by atoms with Gasteiger partial charge in [-0.2, -0.15) is 0 Å². The minimum Gasteiger partial charge on any atom is -0.549 e. The van der Waals surface area contributed by atoms with Crippen LogP contribution < -0.4 is 24.0 Å². The topological polar surface area (TPSA) is 43.4 Å². The summed E-state index contributed by atoms with van der Waals surface area (Å²) in [5, 5.41) is 11.0. The van der Waals surface area contributed by atoms with Crippen LogP contribution in [0.4, 0.5) is 0 Å². The van der Waals surface area contributed by atoms with Crippen molar-refractivity contribution in [1.82, 2.24) is 4.90 Å². The number of carboxylic acids is 1. The largest absolute Gasteiger partial charge is 1.00 e. The van der Waals surface area contributed by atoms with Crippen molar-refractivity contribution < 1.29 is 28.8 Å². The van der Waals surface area contributed by atoms with Crippen LogP contribution in [0, 0.1) is 0 Å². The number of carbonyl (C=O) groups excluding carboxylic acids is 1. The summed E-state index contributed by atoms with van der Waals surface area (Å²) in [5.41, 5.74) is 0. The summed E-state index contributed by atoms with van der Waals surface area (Å²) in [7, 11) is 0. The van der Waals surface area contributed by atoms with Crippen LogP contribution in [0.3, 0.4) is 0 Å². The van der Waals surface area contributed by atoms with Gasteiger partial charge in [-0.3, -0.25) is 4.90 Å². The van der Waals surface area contributed by atoms with Crippen LogP contribution in [-0.2, 0) is 4.79 Å². The normalized spacial score (nSPS) is 11.5. The average molecular weight is 386 g/mol. The van der Waals surface area contributed by atoms with Crippen molar-refractivity contribution in [3.63, 3.8) is 0 Å². The number of hydrogen-bond acceptors (Lipinski definition) is 3. The van der Waals surface area contributed by atoms with Gasteiger partial charge in [-0.15, -0.1) is 0 Å². The molecule has 0 heterocycles. The van der Waals surface area contributed by atoms with Crippen LogP contribution in [0.2, 0.25) is 0 Å². The van der Waals surface area contributed by atoms with Crippen molar-refractivity contribution in [3.05, 3.63) is 24.3 Å². The van der Waals surface area contributed by atoms with Crippen molar-refractivity contribution in [2.75, 3.05) is 19.6 Å². The first-order valence-corrected chi connectivity index (χ1v) is 11.4. The van der Waals surface area contributed by atoms with E-state index in [0.29, 0.717) is 0 Å². The maximum absolute atomic E-state index is 11.0. The van der Waals surface area contributed by atoms with E-state index < -0.39 is 5.97 Å². The van der Waals surface area contributed by atoms with Crippen molar-refractivity contribution in [1.29, 1.82) is 0 Å². The summed E-state index contributed by atoms with van der Waals surface area (Å²) < 4.78 is 0. The Labute approximate surface area is 187 Å². The van der Waals surface area contributed by atoms with Crippen LogP contribution in [0.1, 0.15) is 104 Å². The molecule has 0 amide bonds. The van der Waals surface area contributed by atoms with E-state index in [1.807, 2.05) is 0 Å². The number of carboxylic acid groups (broad SMARTS) is 1. The van der Waals surface area contributed by atoms with Crippen molar-refractivity contribution >= 4 is 5.97 Å². The molecule has 0 bridgehead atoms. The van der Waals surface area contributed by atoms with Crippen molar-refractivity contribution in [2.45, 2.75) is 104 Å². The van der Waals surface area contributed by atoms with Gasteiger partial charge >= 0.3 is 18.9 Å². The molecule has 0 spiro atoms. The van der Waals surface area contributed by atoms with Crippen molar-refractivity contribution in [3.8, 4) is 0 Å².